The molecule has 0 unspecified atom stereocenters. The van der Waals surface area contributed by atoms with Crippen LogP contribution in [-0.4, -0.2) is 24.8 Å². The Labute approximate surface area is 114 Å². The Morgan fingerprint density at radius 2 is 1.56 bits per heavy atom. The Bertz CT molecular complexity index is 251. The van der Waals surface area contributed by atoms with Crippen LogP contribution in [0.2, 0.25) is 0 Å². The van der Waals surface area contributed by atoms with Crippen LogP contribution in [0.1, 0.15) is 67.2 Å². The molecule has 0 saturated heterocycles. The smallest absolute Gasteiger partial charge is 0.0813 e. The average Bonchev–Trinajstić information content (AvgIpc) is 2.14. The molecular formula is C16H33NO. The molecule has 18 heavy (non-hydrogen) atoms. The Morgan fingerprint density at radius 1 is 1.06 bits per heavy atom. The lowest BCUT2D eigenvalue weighted by molar-refractivity contribution is -0.154. The first kappa shape index (κ1) is 16.0. The molecule has 1 N–H and O–H groups in total. The molecule has 2 nitrogen and oxygen atoms in total. The zero-order chi connectivity index (χ0) is 14.0. The highest BCUT2D eigenvalue weighted by Gasteiger charge is 2.41. The molecule has 2 heteroatoms. The number of nitrogens with one attached hydrogen (secondary N) is 1. The van der Waals surface area contributed by atoms with Crippen LogP contribution in [0.25, 0.3) is 0 Å². The van der Waals surface area contributed by atoms with Gasteiger partial charge in [0.05, 0.1) is 11.2 Å². The van der Waals surface area contributed by atoms with Gasteiger partial charge >= 0.3 is 0 Å². The van der Waals surface area contributed by atoms with Crippen molar-refractivity contribution < 1.29 is 4.74 Å². The summed E-state index contributed by atoms with van der Waals surface area (Å²) in [6.45, 7) is 14.6. The maximum absolute atomic E-state index is 6.41. The van der Waals surface area contributed by atoms with Gasteiger partial charge in [-0.15, -0.1) is 0 Å². The van der Waals surface area contributed by atoms with Crippen LogP contribution in [0.3, 0.4) is 0 Å². The molecule has 108 valence electrons. The highest BCUT2D eigenvalue weighted by Crippen LogP contribution is 2.43. The third-order valence-corrected chi connectivity index (χ3v) is 4.14. The third-order valence-electron chi connectivity index (χ3n) is 4.14. The molecular weight excluding hydrogens is 222 g/mol. The first-order valence-corrected chi connectivity index (χ1v) is 7.43. The van der Waals surface area contributed by atoms with E-state index in [1.807, 2.05) is 7.05 Å². The highest BCUT2D eigenvalue weighted by molar-refractivity contribution is 4.93. The van der Waals surface area contributed by atoms with E-state index in [9.17, 15) is 0 Å². The predicted molar refractivity (Wildman–Crippen MR) is 78.9 cm³/mol. The molecule has 1 fully saturated rings. The topological polar surface area (TPSA) is 21.3 Å². The van der Waals surface area contributed by atoms with Gasteiger partial charge in [-0.3, -0.25) is 0 Å². The zero-order valence-electron chi connectivity index (χ0n) is 13.5. The molecule has 0 aromatic heterocycles. The maximum Gasteiger partial charge on any atom is 0.0813 e. The number of likely N-dealkylation sites (N-methyl/N-ethyl adjacent to an activating group) is 1. The first-order valence-electron chi connectivity index (χ1n) is 7.43. The van der Waals surface area contributed by atoms with Crippen LogP contribution in [0.4, 0.5) is 0 Å². The van der Waals surface area contributed by atoms with E-state index >= 15 is 0 Å². The molecule has 0 spiro atoms. The third kappa shape index (κ3) is 4.55. The van der Waals surface area contributed by atoms with Crippen LogP contribution in [-0.2, 0) is 4.74 Å². The number of hydrogen-bond donors (Lipinski definition) is 1. The molecule has 0 radical (unpaired) electrons. The van der Waals surface area contributed by atoms with E-state index in [1.54, 1.807) is 0 Å². The summed E-state index contributed by atoms with van der Waals surface area (Å²) in [5, 5.41) is 3.33. The second-order valence-electron chi connectivity index (χ2n) is 8.07. The minimum absolute atomic E-state index is 0.0502. The minimum atomic E-state index is -0.0502. The van der Waals surface area contributed by atoms with Crippen LogP contribution >= 0.6 is 0 Å². The van der Waals surface area contributed by atoms with Crippen molar-refractivity contribution in [2.24, 2.45) is 11.3 Å². The summed E-state index contributed by atoms with van der Waals surface area (Å²) in [5.74, 6) is 0.839. The molecule has 1 saturated carbocycles. The first-order chi connectivity index (χ1) is 8.08. The fourth-order valence-electron chi connectivity index (χ4n) is 3.30. The van der Waals surface area contributed by atoms with Gasteiger partial charge in [-0.05, 0) is 64.8 Å². The van der Waals surface area contributed by atoms with Gasteiger partial charge in [-0.25, -0.2) is 0 Å². The van der Waals surface area contributed by atoms with E-state index in [0.717, 1.165) is 12.5 Å². The van der Waals surface area contributed by atoms with Gasteiger partial charge in [0, 0.05) is 6.54 Å². The average molecular weight is 255 g/mol. The highest BCUT2D eigenvalue weighted by atomic mass is 16.5. The number of rotatable bonds is 3. The van der Waals surface area contributed by atoms with E-state index in [2.05, 4.69) is 46.9 Å². The van der Waals surface area contributed by atoms with Gasteiger partial charge in [0.25, 0.3) is 0 Å². The summed E-state index contributed by atoms with van der Waals surface area (Å²) in [4.78, 5) is 0. The van der Waals surface area contributed by atoms with E-state index in [-0.39, 0.29) is 11.2 Å². The Hall–Kier alpha value is -0.0800. The number of ether oxygens (including phenoxy) is 1. The van der Waals surface area contributed by atoms with Gasteiger partial charge in [-0.2, -0.15) is 0 Å². The molecule has 1 rings (SSSR count). The second-order valence-corrected chi connectivity index (χ2v) is 8.07. The van der Waals surface area contributed by atoms with Crippen LogP contribution in [0.5, 0.6) is 0 Å². The molecule has 1 aliphatic rings. The lowest BCUT2D eigenvalue weighted by Crippen LogP contribution is -2.50. The van der Waals surface area contributed by atoms with Gasteiger partial charge in [0.1, 0.15) is 0 Å². The van der Waals surface area contributed by atoms with Crippen LogP contribution in [0.15, 0.2) is 0 Å². The summed E-state index contributed by atoms with van der Waals surface area (Å²) in [7, 11) is 2.03. The lowest BCUT2D eigenvalue weighted by atomic mass is 9.68. The fourth-order valence-corrected chi connectivity index (χ4v) is 3.30. The van der Waals surface area contributed by atoms with Crippen molar-refractivity contribution in [2.75, 3.05) is 13.6 Å². The van der Waals surface area contributed by atoms with Crippen molar-refractivity contribution >= 4 is 0 Å². The maximum atomic E-state index is 6.41. The van der Waals surface area contributed by atoms with Gasteiger partial charge in [-0.1, -0.05) is 20.8 Å². The van der Waals surface area contributed by atoms with Gasteiger partial charge in [0.15, 0.2) is 0 Å². The van der Waals surface area contributed by atoms with Gasteiger partial charge < -0.3 is 10.1 Å². The largest absolute Gasteiger partial charge is 0.368 e. The summed E-state index contributed by atoms with van der Waals surface area (Å²) in [5.41, 5.74) is 0.438. The van der Waals surface area contributed by atoms with Crippen molar-refractivity contribution in [3.8, 4) is 0 Å². The Balaban J connectivity index is 2.68. The SMILES string of the molecule is CNCC1(OC(C)(C)C)CCC(C(C)(C)C)CC1. The Kier molecular flexibility index (Phi) is 4.88. The van der Waals surface area contributed by atoms with Crippen molar-refractivity contribution in [1.29, 1.82) is 0 Å². The molecule has 0 aromatic rings. The van der Waals surface area contributed by atoms with E-state index in [4.69, 9.17) is 4.74 Å². The quantitative estimate of drug-likeness (QED) is 0.823. The molecule has 0 atom stereocenters. The van der Waals surface area contributed by atoms with E-state index < -0.39 is 0 Å². The van der Waals surface area contributed by atoms with E-state index in [1.165, 1.54) is 25.7 Å². The summed E-state index contributed by atoms with van der Waals surface area (Å²) < 4.78 is 6.41. The van der Waals surface area contributed by atoms with E-state index in [0.29, 0.717) is 5.41 Å². The molecule has 0 aliphatic heterocycles. The second kappa shape index (κ2) is 5.50. The van der Waals surface area contributed by atoms with Crippen LogP contribution < -0.4 is 5.32 Å². The van der Waals surface area contributed by atoms with Crippen molar-refractivity contribution in [3.05, 3.63) is 0 Å². The summed E-state index contributed by atoms with van der Waals surface area (Å²) in [6, 6.07) is 0. The Morgan fingerprint density at radius 3 is 1.89 bits per heavy atom. The van der Waals surface area contributed by atoms with Gasteiger partial charge in [0.2, 0.25) is 0 Å². The zero-order valence-corrected chi connectivity index (χ0v) is 13.5. The summed E-state index contributed by atoms with van der Waals surface area (Å²) in [6.07, 6.45) is 4.96. The monoisotopic (exact) mass is 255 g/mol. The van der Waals surface area contributed by atoms with Crippen molar-refractivity contribution in [1.82, 2.24) is 5.32 Å². The lowest BCUT2D eigenvalue weighted by Gasteiger charge is -2.46. The minimum Gasteiger partial charge on any atom is -0.368 e. The molecule has 0 heterocycles. The summed E-state index contributed by atoms with van der Waals surface area (Å²) >= 11 is 0. The van der Waals surface area contributed by atoms with Crippen molar-refractivity contribution in [2.45, 2.75) is 78.4 Å². The molecule has 0 bridgehead atoms. The predicted octanol–water partition coefficient (Wildman–Crippen LogP) is 4.00. The standard InChI is InChI=1S/C16H33NO/c1-14(2,3)13-8-10-16(11-9-13,12-17-7)18-15(4,5)6/h13,17H,8-12H2,1-7H3. The van der Waals surface area contributed by atoms with Crippen molar-refractivity contribution in [3.63, 3.8) is 0 Å². The number of hydrogen-bond acceptors (Lipinski definition) is 2. The molecule has 0 amide bonds. The molecule has 1 aliphatic carbocycles. The molecule has 0 aromatic carbocycles. The normalized spacial score (nSPS) is 30.5. The fraction of sp³-hybridized carbons (Fsp3) is 1.00. The van der Waals surface area contributed by atoms with Crippen LogP contribution in [0, 0.1) is 11.3 Å².